The van der Waals surface area contributed by atoms with E-state index in [4.69, 9.17) is 0 Å². The fourth-order valence-electron chi connectivity index (χ4n) is 2.16. The predicted octanol–water partition coefficient (Wildman–Crippen LogP) is 3.10. The van der Waals surface area contributed by atoms with Crippen molar-refractivity contribution in [1.29, 1.82) is 0 Å². The van der Waals surface area contributed by atoms with E-state index in [-0.39, 0.29) is 12.4 Å². The minimum atomic E-state index is 0. The molecule has 1 aromatic rings. The number of halogens is 1. The summed E-state index contributed by atoms with van der Waals surface area (Å²) in [7, 11) is 0. The first kappa shape index (κ1) is 12.5. The molecule has 0 saturated carbocycles. The summed E-state index contributed by atoms with van der Waals surface area (Å²) >= 11 is 0. The lowest BCUT2D eigenvalue weighted by atomic mass is 9.99. The van der Waals surface area contributed by atoms with Crippen LogP contribution in [-0.4, -0.2) is 6.54 Å². The summed E-state index contributed by atoms with van der Waals surface area (Å²) in [6, 6.07) is 7.01. The van der Waals surface area contributed by atoms with Crippen molar-refractivity contribution in [1.82, 2.24) is 5.32 Å². The van der Waals surface area contributed by atoms with Crippen LogP contribution in [0.4, 0.5) is 0 Å². The molecule has 15 heavy (non-hydrogen) atoms. The molecule has 0 saturated heterocycles. The van der Waals surface area contributed by atoms with Gasteiger partial charge in [-0.3, -0.25) is 0 Å². The summed E-state index contributed by atoms with van der Waals surface area (Å²) in [5, 5.41) is 3.47. The topological polar surface area (TPSA) is 12.0 Å². The van der Waals surface area contributed by atoms with E-state index < -0.39 is 0 Å². The maximum atomic E-state index is 3.47. The van der Waals surface area contributed by atoms with Gasteiger partial charge >= 0.3 is 0 Å². The van der Waals surface area contributed by atoms with Crippen molar-refractivity contribution in [3.05, 3.63) is 34.9 Å². The molecule has 1 N–H and O–H groups in total. The van der Waals surface area contributed by atoms with Crippen LogP contribution in [0.25, 0.3) is 0 Å². The van der Waals surface area contributed by atoms with E-state index in [1.54, 1.807) is 5.56 Å². The third-order valence-electron chi connectivity index (χ3n) is 2.92. The van der Waals surface area contributed by atoms with E-state index >= 15 is 0 Å². The Balaban J connectivity index is 0.00000112. The Morgan fingerprint density at radius 1 is 1.27 bits per heavy atom. The first-order chi connectivity index (χ1) is 6.90. The van der Waals surface area contributed by atoms with E-state index in [0.29, 0.717) is 0 Å². The standard InChI is InChI=1S/C13H19N.ClH/c1-2-4-11-6-7-12-5-3-8-14-10-13(12)9-11;/h6-7,9,14H,2-5,8,10H2,1H3;1H. The van der Waals surface area contributed by atoms with Crippen LogP contribution in [0.2, 0.25) is 0 Å². The van der Waals surface area contributed by atoms with E-state index in [9.17, 15) is 0 Å². The second kappa shape index (κ2) is 6.14. The molecule has 0 spiro atoms. The molecule has 0 aliphatic carbocycles. The monoisotopic (exact) mass is 225 g/mol. The van der Waals surface area contributed by atoms with Crippen LogP contribution < -0.4 is 5.32 Å². The SMILES string of the molecule is CCCc1ccc2c(c1)CNCCC2.Cl. The molecule has 84 valence electrons. The van der Waals surface area contributed by atoms with Crippen molar-refractivity contribution in [2.75, 3.05) is 6.54 Å². The van der Waals surface area contributed by atoms with Crippen LogP contribution >= 0.6 is 12.4 Å². The van der Waals surface area contributed by atoms with Gasteiger partial charge in [0.05, 0.1) is 0 Å². The summed E-state index contributed by atoms with van der Waals surface area (Å²) in [5.74, 6) is 0. The number of fused-ring (bicyclic) bond motifs is 1. The minimum Gasteiger partial charge on any atom is -0.313 e. The molecular weight excluding hydrogens is 206 g/mol. The number of rotatable bonds is 2. The zero-order chi connectivity index (χ0) is 9.80. The highest BCUT2D eigenvalue weighted by Crippen LogP contribution is 2.17. The highest BCUT2D eigenvalue weighted by Gasteiger charge is 2.07. The van der Waals surface area contributed by atoms with Crippen molar-refractivity contribution in [3.63, 3.8) is 0 Å². The van der Waals surface area contributed by atoms with Gasteiger partial charge in [0.1, 0.15) is 0 Å². The molecule has 2 rings (SSSR count). The van der Waals surface area contributed by atoms with Gasteiger partial charge in [0.25, 0.3) is 0 Å². The van der Waals surface area contributed by atoms with E-state index in [1.807, 2.05) is 0 Å². The van der Waals surface area contributed by atoms with Crippen molar-refractivity contribution in [2.45, 2.75) is 39.2 Å². The van der Waals surface area contributed by atoms with Gasteiger partial charge in [-0.05, 0) is 42.5 Å². The van der Waals surface area contributed by atoms with Crippen molar-refractivity contribution in [2.24, 2.45) is 0 Å². The predicted molar refractivity (Wildman–Crippen MR) is 67.7 cm³/mol. The van der Waals surface area contributed by atoms with Gasteiger partial charge in [-0.1, -0.05) is 31.5 Å². The first-order valence-electron chi connectivity index (χ1n) is 5.71. The number of hydrogen-bond donors (Lipinski definition) is 1. The molecule has 1 heterocycles. The van der Waals surface area contributed by atoms with Gasteiger partial charge in [0, 0.05) is 6.54 Å². The molecule has 0 amide bonds. The number of aryl methyl sites for hydroxylation is 2. The number of hydrogen-bond acceptors (Lipinski definition) is 1. The second-order valence-corrected chi connectivity index (χ2v) is 4.13. The maximum Gasteiger partial charge on any atom is 0.0208 e. The Labute approximate surface area is 98.7 Å². The van der Waals surface area contributed by atoms with Gasteiger partial charge in [0.15, 0.2) is 0 Å². The maximum absolute atomic E-state index is 3.47. The fraction of sp³-hybridized carbons (Fsp3) is 0.538. The van der Waals surface area contributed by atoms with Crippen LogP contribution in [0.15, 0.2) is 18.2 Å². The van der Waals surface area contributed by atoms with E-state index in [0.717, 1.165) is 13.1 Å². The van der Waals surface area contributed by atoms with Gasteiger partial charge in [-0.25, -0.2) is 0 Å². The zero-order valence-corrected chi connectivity index (χ0v) is 10.2. The highest BCUT2D eigenvalue weighted by atomic mass is 35.5. The first-order valence-corrected chi connectivity index (χ1v) is 5.71. The summed E-state index contributed by atoms with van der Waals surface area (Å²) in [6.07, 6.45) is 4.98. The highest BCUT2D eigenvalue weighted by molar-refractivity contribution is 5.85. The van der Waals surface area contributed by atoms with Gasteiger partial charge in [-0.2, -0.15) is 0 Å². The summed E-state index contributed by atoms with van der Waals surface area (Å²) in [6.45, 7) is 4.47. The fourth-order valence-corrected chi connectivity index (χ4v) is 2.16. The lowest BCUT2D eigenvalue weighted by Gasteiger charge is -2.07. The summed E-state index contributed by atoms with van der Waals surface area (Å²) < 4.78 is 0. The third-order valence-corrected chi connectivity index (χ3v) is 2.92. The molecule has 0 radical (unpaired) electrons. The zero-order valence-electron chi connectivity index (χ0n) is 9.38. The van der Waals surface area contributed by atoms with Crippen LogP contribution in [0.3, 0.4) is 0 Å². The van der Waals surface area contributed by atoms with Crippen molar-refractivity contribution in [3.8, 4) is 0 Å². The number of nitrogens with one attached hydrogen (secondary N) is 1. The molecule has 0 bridgehead atoms. The molecule has 1 aliphatic rings. The Morgan fingerprint density at radius 3 is 2.93 bits per heavy atom. The molecular formula is C13H20ClN. The largest absolute Gasteiger partial charge is 0.313 e. The Hall–Kier alpha value is -0.530. The quantitative estimate of drug-likeness (QED) is 0.816. The summed E-state index contributed by atoms with van der Waals surface area (Å²) in [5.41, 5.74) is 4.57. The molecule has 0 aromatic heterocycles. The van der Waals surface area contributed by atoms with Gasteiger partial charge < -0.3 is 5.32 Å². The Kier molecular flexibility index (Phi) is 5.13. The van der Waals surface area contributed by atoms with Crippen molar-refractivity contribution >= 4 is 12.4 Å². The van der Waals surface area contributed by atoms with E-state index in [2.05, 4.69) is 30.4 Å². The van der Waals surface area contributed by atoms with E-state index in [1.165, 1.54) is 36.8 Å². The molecule has 1 nitrogen and oxygen atoms in total. The normalized spacial score (nSPS) is 15.0. The van der Waals surface area contributed by atoms with Crippen LogP contribution in [0.5, 0.6) is 0 Å². The van der Waals surface area contributed by atoms with Crippen LogP contribution in [-0.2, 0) is 19.4 Å². The Morgan fingerprint density at radius 2 is 2.13 bits per heavy atom. The average molecular weight is 226 g/mol. The number of benzene rings is 1. The smallest absolute Gasteiger partial charge is 0.0208 e. The lowest BCUT2D eigenvalue weighted by Crippen LogP contribution is -2.12. The van der Waals surface area contributed by atoms with Crippen molar-refractivity contribution < 1.29 is 0 Å². The lowest BCUT2D eigenvalue weighted by molar-refractivity contribution is 0.680. The van der Waals surface area contributed by atoms with Crippen LogP contribution in [0.1, 0.15) is 36.5 Å². The molecule has 1 aliphatic heterocycles. The summed E-state index contributed by atoms with van der Waals surface area (Å²) in [4.78, 5) is 0. The molecule has 2 heteroatoms. The second-order valence-electron chi connectivity index (χ2n) is 4.13. The minimum absolute atomic E-state index is 0. The molecule has 0 fully saturated rings. The van der Waals surface area contributed by atoms with Crippen LogP contribution in [0, 0.1) is 0 Å². The molecule has 0 atom stereocenters. The molecule has 0 unspecified atom stereocenters. The van der Waals surface area contributed by atoms with Gasteiger partial charge in [-0.15, -0.1) is 12.4 Å². The average Bonchev–Trinajstić information content (AvgIpc) is 2.42. The Bertz CT molecular complexity index is 309. The molecule has 1 aromatic carbocycles. The van der Waals surface area contributed by atoms with Gasteiger partial charge in [0.2, 0.25) is 0 Å². The third kappa shape index (κ3) is 3.22.